The second-order valence-electron chi connectivity index (χ2n) is 16.2. The van der Waals surface area contributed by atoms with Gasteiger partial charge in [0.2, 0.25) is 0 Å². The van der Waals surface area contributed by atoms with Gasteiger partial charge in [0.1, 0.15) is 11.2 Å². The fourth-order valence-corrected chi connectivity index (χ4v) is 10.4. The summed E-state index contributed by atoms with van der Waals surface area (Å²) in [6.07, 6.45) is 0. The van der Waals surface area contributed by atoms with Gasteiger partial charge in [-0.15, -0.1) is 0 Å². The van der Waals surface area contributed by atoms with Gasteiger partial charge >= 0.3 is 0 Å². The molecule has 288 valence electrons. The molecule has 1 spiro atoms. The summed E-state index contributed by atoms with van der Waals surface area (Å²) in [5.41, 5.74) is 19.0. The van der Waals surface area contributed by atoms with E-state index in [9.17, 15) is 0 Å². The van der Waals surface area contributed by atoms with Crippen LogP contribution < -0.4 is 0 Å². The van der Waals surface area contributed by atoms with Crippen LogP contribution in [0.15, 0.2) is 217 Å². The van der Waals surface area contributed by atoms with Gasteiger partial charge in [-0.05, 0) is 85.0 Å². The Morgan fingerprint density at radius 2 is 0.758 bits per heavy atom. The quantitative estimate of drug-likeness (QED) is 0.174. The summed E-state index contributed by atoms with van der Waals surface area (Å²) < 4.78 is 6.18. The monoisotopic (exact) mass is 789 g/mol. The van der Waals surface area contributed by atoms with Crippen LogP contribution in [0, 0.1) is 0 Å². The topological polar surface area (TPSA) is 51.8 Å². The Labute approximate surface area is 358 Å². The molecule has 9 aromatic carbocycles. The smallest absolute Gasteiger partial charge is 0.164 e. The second kappa shape index (κ2) is 13.4. The lowest BCUT2D eigenvalue weighted by Gasteiger charge is -2.32. The van der Waals surface area contributed by atoms with Gasteiger partial charge < -0.3 is 4.42 Å². The van der Waals surface area contributed by atoms with E-state index in [0.29, 0.717) is 17.5 Å². The van der Waals surface area contributed by atoms with Crippen LogP contribution in [0.4, 0.5) is 0 Å². The van der Waals surface area contributed by atoms with E-state index >= 15 is 0 Å². The highest BCUT2D eigenvalue weighted by Crippen LogP contribution is 2.64. The van der Waals surface area contributed by atoms with Crippen LogP contribution in [-0.4, -0.2) is 15.0 Å². The Hall–Kier alpha value is -8.21. The summed E-state index contributed by atoms with van der Waals surface area (Å²) in [6, 6.07) is 75.6. The average molecular weight is 790 g/mol. The molecule has 62 heavy (non-hydrogen) atoms. The molecule has 0 bridgehead atoms. The lowest BCUT2D eigenvalue weighted by Crippen LogP contribution is -2.26. The Morgan fingerprint density at radius 1 is 0.290 bits per heavy atom. The molecular weight excluding hydrogens is 755 g/mol. The molecule has 0 fully saturated rings. The zero-order valence-electron chi connectivity index (χ0n) is 33.5. The van der Waals surface area contributed by atoms with Gasteiger partial charge in [0.15, 0.2) is 17.5 Å². The summed E-state index contributed by atoms with van der Waals surface area (Å²) in [4.78, 5) is 15.5. The molecule has 0 amide bonds. The molecule has 2 heterocycles. The molecule has 0 saturated carbocycles. The van der Waals surface area contributed by atoms with Crippen molar-refractivity contribution < 1.29 is 4.42 Å². The van der Waals surface area contributed by atoms with Gasteiger partial charge in [0.25, 0.3) is 0 Å². The fourth-order valence-electron chi connectivity index (χ4n) is 10.4. The molecule has 0 unspecified atom stereocenters. The first-order valence-corrected chi connectivity index (χ1v) is 21.1. The number of benzene rings is 9. The normalized spacial score (nSPS) is 13.0. The first kappa shape index (κ1) is 34.6. The third-order valence-electron chi connectivity index (χ3n) is 13.0. The van der Waals surface area contributed by atoms with Gasteiger partial charge in [0, 0.05) is 27.5 Å². The van der Waals surface area contributed by atoms with Gasteiger partial charge in [0.05, 0.1) is 5.41 Å². The summed E-state index contributed by atoms with van der Waals surface area (Å²) in [5.74, 6) is 1.86. The molecule has 0 atom stereocenters. The van der Waals surface area contributed by atoms with E-state index < -0.39 is 5.41 Å². The van der Waals surface area contributed by atoms with Crippen molar-refractivity contribution in [1.82, 2.24) is 15.0 Å². The maximum atomic E-state index is 6.18. The molecule has 13 rings (SSSR count). The zero-order chi connectivity index (χ0) is 40.8. The predicted molar refractivity (Wildman–Crippen MR) is 251 cm³/mol. The number of hydrogen-bond donors (Lipinski definition) is 0. The third kappa shape index (κ3) is 4.98. The molecule has 2 aromatic heterocycles. The highest BCUT2D eigenvalue weighted by atomic mass is 16.3. The molecule has 2 aliphatic carbocycles. The maximum Gasteiger partial charge on any atom is 0.164 e. The van der Waals surface area contributed by atoms with Gasteiger partial charge in [-0.1, -0.05) is 194 Å². The SMILES string of the molecule is c1ccc(-c2nc(-c3ccc(-c4cccc5c4C4(c6ccccc6-c6ccccc64)c4ccccc4-5)cc3)nc(-c3ccccc3-c3ccc4oc5ccccc5c4c3)n2)cc1. The maximum absolute atomic E-state index is 6.18. The van der Waals surface area contributed by atoms with Crippen LogP contribution in [-0.2, 0) is 5.41 Å². The van der Waals surface area contributed by atoms with Gasteiger partial charge in [-0.2, -0.15) is 0 Å². The molecule has 4 nitrogen and oxygen atoms in total. The van der Waals surface area contributed by atoms with E-state index in [0.717, 1.165) is 55.3 Å². The van der Waals surface area contributed by atoms with Crippen molar-refractivity contribution in [1.29, 1.82) is 0 Å². The second-order valence-corrected chi connectivity index (χ2v) is 16.2. The fraction of sp³-hybridized carbons (Fsp3) is 0.0172. The van der Waals surface area contributed by atoms with Crippen molar-refractivity contribution in [2.75, 3.05) is 0 Å². The first-order valence-electron chi connectivity index (χ1n) is 21.1. The minimum Gasteiger partial charge on any atom is -0.456 e. The van der Waals surface area contributed by atoms with Crippen LogP contribution >= 0.6 is 0 Å². The number of nitrogens with zero attached hydrogens (tertiary/aromatic N) is 3. The summed E-state index contributed by atoms with van der Waals surface area (Å²) >= 11 is 0. The molecule has 0 aliphatic heterocycles. The highest BCUT2D eigenvalue weighted by Gasteiger charge is 2.52. The number of hydrogen-bond acceptors (Lipinski definition) is 4. The van der Waals surface area contributed by atoms with Gasteiger partial charge in [-0.25, -0.2) is 15.0 Å². The number of furan rings is 1. The minimum atomic E-state index is -0.440. The van der Waals surface area contributed by atoms with Crippen molar-refractivity contribution >= 4 is 21.9 Å². The molecule has 11 aromatic rings. The molecule has 0 N–H and O–H groups in total. The molecule has 0 saturated heterocycles. The molecule has 2 aliphatic rings. The Morgan fingerprint density at radius 3 is 1.45 bits per heavy atom. The van der Waals surface area contributed by atoms with Crippen LogP contribution in [0.25, 0.3) is 101 Å². The van der Waals surface area contributed by atoms with E-state index in [2.05, 4.69) is 182 Å². The highest BCUT2D eigenvalue weighted by molar-refractivity contribution is 6.07. The molecule has 0 radical (unpaired) electrons. The summed E-state index contributed by atoms with van der Waals surface area (Å²) in [5, 5.41) is 2.17. The van der Waals surface area contributed by atoms with Gasteiger partial charge in [-0.3, -0.25) is 0 Å². The first-order chi connectivity index (χ1) is 30.7. The zero-order valence-corrected chi connectivity index (χ0v) is 33.5. The average Bonchev–Trinajstić information content (AvgIpc) is 3.98. The Bertz CT molecular complexity index is 3520. The van der Waals surface area contributed by atoms with Crippen molar-refractivity contribution in [3.05, 3.63) is 235 Å². The van der Waals surface area contributed by atoms with E-state index in [1.165, 1.54) is 50.1 Å². The van der Waals surface area contributed by atoms with Crippen LogP contribution in [0.1, 0.15) is 22.3 Å². The van der Waals surface area contributed by atoms with Crippen molar-refractivity contribution in [2.45, 2.75) is 5.41 Å². The number of rotatable bonds is 5. The van der Waals surface area contributed by atoms with Crippen molar-refractivity contribution in [3.63, 3.8) is 0 Å². The Kier molecular flexibility index (Phi) is 7.49. The van der Waals surface area contributed by atoms with Crippen molar-refractivity contribution in [2.24, 2.45) is 0 Å². The summed E-state index contributed by atoms with van der Waals surface area (Å²) in [6.45, 7) is 0. The third-order valence-corrected chi connectivity index (χ3v) is 13.0. The van der Waals surface area contributed by atoms with Crippen LogP contribution in [0.2, 0.25) is 0 Å². The standard InChI is InChI=1S/C58H35N3O/c1-2-15-37(16-3-1)55-59-56(61-57(60-55)47-22-5-4-17-40(47)39-33-34-53-48(35-39)45-21-9-13-28-52(45)62-53)38-31-29-36(30-32-38)41-23-14-24-46-44-20-8-12-27-51(44)58(54(41)46)49-25-10-6-18-42(49)43-19-7-11-26-50(43)58/h1-35H. The minimum absolute atomic E-state index is 0.440. The van der Waals surface area contributed by atoms with Crippen LogP contribution in [0.3, 0.4) is 0 Å². The van der Waals surface area contributed by atoms with E-state index in [-0.39, 0.29) is 0 Å². The molecule has 4 heteroatoms. The van der Waals surface area contributed by atoms with E-state index in [1.54, 1.807) is 0 Å². The van der Waals surface area contributed by atoms with E-state index in [1.807, 2.05) is 30.3 Å². The Balaban J connectivity index is 0.960. The summed E-state index contributed by atoms with van der Waals surface area (Å²) in [7, 11) is 0. The number of fused-ring (bicyclic) bond motifs is 13. The predicted octanol–water partition coefficient (Wildman–Crippen LogP) is 14.4. The number of aromatic nitrogens is 3. The largest absolute Gasteiger partial charge is 0.456 e. The lowest BCUT2D eigenvalue weighted by atomic mass is 9.68. The number of para-hydroxylation sites is 1. The lowest BCUT2D eigenvalue weighted by molar-refractivity contribution is 0.669. The van der Waals surface area contributed by atoms with E-state index in [4.69, 9.17) is 19.4 Å². The molecular formula is C58H35N3O. The van der Waals surface area contributed by atoms with Crippen LogP contribution in [0.5, 0.6) is 0 Å². The van der Waals surface area contributed by atoms with Crippen molar-refractivity contribution in [3.8, 4) is 78.7 Å².